The van der Waals surface area contributed by atoms with Crippen LogP contribution in [0.4, 0.5) is 0 Å². The lowest BCUT2D eigenvalue weighted by atomic mass is 9.96. The van der Waals surface area contributed by atoms with Gasteiger partial charge >= 0.3 is 0 Å². The van der Waals surface area contributed by atoms with Gasteiger partial charge in [0.1, 0.15) is 0 Å². The van der Waals surface area contributed by atoms with Crippen LogP contribution in [0, 0.1) is 11.8 Å². The fraction of sp³-hybridized carbons (Fsp3) is 0.917. The van der Waals surface area contributed by atoms with E-state index in [1.165, 1.54) is 19.3 Å². The topological polar surface area (TPSA) is 73.6 Å². The van der Waals surface area contributed by atoms with Gasteiger partial charge in [-0.3, -0.25) is 4.79 Å². The van der Waals surface area contributed by atoms with Crippen molar-refractivity contribution >= 4 is 5.91 Å². The van der Waals surface area contributed by atoms with E-state index in [-0.39, 0.29) is 5.91 Å². The van der Waals surface area contributed by atoms with E-state index in [1.54, 1.807) is 0 Å². The summed E-state index contributed by atoms with van der Waals surface area (Å²) in [5.41, 5.74) is 5.72. The van der Waals surface area contributed by atoms with Crippen molar-refractivity contribution < 1.29 is 14.3 Å². The summed E-state index contributed by atoms with van der Waals surface area (Å²) in [6, 6.07) is 0. The Hall–Kier alpha value is -0.650. The summed E-state index contributed by atoms with van der Waals surface area (Å²) >= 11 is 0. The fourth-order valence-corrected chi connectivity index (χ4v) is 2.68. The first-order valence-electron chi connectivity index (χ1n) is 6.48. The summed E-state index contributed by atoms with van der Waals surface area (Å²) < 4.78 is 10.6. The predicted molar refractivity (Wildman–Crippen MR) is 63.5 cm³/mol. The lowest BCUT2D eigenvalue weighted by Crippen LogP contribution is -2.44. The number of carbonyl (C=O) groups is 1. The van der Waals surface area contributed by atoms with Crippen LogP contribution in [0.25, 0.3) is 0 Å². The molecule has 0 aromatic heterocycles. The average molecular weight is 242 g/mol. The second-order valence-corrected chi connectivity index (χ2v) is 4.87. The maximum atomic E-state index is 11.8. The largest absolute Gasteiger partial charge is 0.376 e. The van der Waals surface area contributed by atoms with Crippen molar-refractivity contribution in [3.8, 4) is 0 Å². The molecule has 0 spiro atoms. The van der Waals surface area contributed by atoms with Crippen LogP contribution in [-0.4, -0.2) is 44.9 Å². The van der Waals surface area contributed by atoms with Crippen LogP contribution in [0.5, 0.6) is 0 Å². The standard InChI is InChI=1S/C12H22N2O3/c13-6-9-2-1-3-10(9)7-14-12(15)11-8-16-4-5-17-11/h9-11H,1-8,13H2,(H,14,15). The van der Waals surface area contributed by atoms with E-state index in [4.69, 9.17) is 15.2 Å². The molecule has 2 aliphatic rings. The predicted octanol–water partition coefficient (Wildman–Crippen LogP) is -0.107. The van der Waals surface area contributed by atoms with Gasteiger partial charge in [0.05, 0.1) is 19.8 Å². The van der Waals surface area contributed by atoms with Crippen molar-refractivity contribution in [1.82, 2.24) is 5.32 Å². The number of nitrogens with two attached hydrogens (primary N) is 1. The van der Waals surface area contributed by atoms with Crippen LogP contribution in [0.3, 0.4) is 0 Å². The zero-order chi connectivity index (χ0) is 12.1. The maximum absolute atomic E-state index is 11.8. The molecule has 0 bridgehead atoms. The Labute approximate surface area is 102 Å². The van der Waals surface area contributed by atoms with E-state index in [2.05, 4.69) is 5.32 Å². The number of nitrogens with one attached hydrogen (secondary N) is 1. The van der Waals surface area contributed by atoms with Gasteiger partial charge < -0.3 is 20.5 Å². The third-order valence-electron chi connectivity index (χ3n) is 3.77. The van der Waals surface area contributed by atoms with Crippen LogP contribution in [-0.2, 0) is 14.3 Å². The van der Waals surface area contributed by atoms with E-state index in [1.807, 2.05) is 0 Å². The average Bonchev–Trinajstić information content (AvgIpc) is 2.84. The molecule has 2 rings (SSSR count). The smallest absolute Gasteiger partial charge is 0.251 e. The number of amides is 1. The lowest BCUT2D eigenvalue weighted by Gasteiger charge is -2.24. The summed E-state index contributed by atoms with van der Waals surface area (Å²) in [4.78, 5) is 11.8. The molecule has 5 nitrogen and oxygen atoms in total. The first-order chi connectivity index (χ1) is 8.31. The Morgan fingerprint density at radius 2 is 2.12 bits per heavy atom. The molecule has 1 saturated carbocycles. The van der Waals surface area contributed by atoms with Gasteiger partial charge in [0, 0.05) is 6.54 Å². The Kier molecular flexibility index (Phi) is 4.76. The van der Waals surface area contributed by atoms with Crippen LogP contribution in [0.15, 0.2) is 0 Å². The van der Waals surface area contributed by atoms with Crippen LogP contribution >= 0.6 is 0 Å². The Morgan fingerprint density at radius 1 is 1.29 bits per heavy atom. The molecule has 1 saturated heterocycles. The maximum Gasteiger partial charge on any atom is 0.251 e. The van der Waals surface area contributed by atoms with Crippen molar-refractivity contribution in [2.24, 2.45) is 17.6 Å². The minimum Gasteiger partial charge on any atom is -0.376 e. The van der Waals surface area contributed by atoms with E-state index in [0.29, 0.717) is 31.7 Å². The second kappa shape index (κ2) is 6.33. The van der Waals surface area contributed by atoms with Gasteiger partial charge in [-0.25, -0.2) is 0 Å². The number of carbonyl (C=O) groups excluding carboxylic acids is 1. The van der Waals surface area contributed by atoms with Crippen LogP contribution < -0.4 is 11.1 Å². The molecule has 3 N–H and O–H groups in total. The van der Waals surface area contributed by atoms with Gasteiger partial charge in [-0.2, -0.15) is 0 Å². The van der Waals surface area contributed by atoms with Gasteiger partial charge in [-0.15, -0.1) is 0 Å². The zero-order valence-electron chi connectivity index (χ0n) is 10.2. The number of hydrogen-bond donors (Lipinski definition) is 2. The summed E-state index contributed by atoms with van der Waals surface area (Å²) in [5, 5.41) is 2.96. The van der Waals surface area contributed by atoms with E-state index < -0.39 is 6.10 Å². The second-order valence-electron chi connectivity index (χ2n) is 4.87. The normalized spacial score (nSPS) is 33.6. The third kappa shape index (κ3) is 3.40. The molecule has 1 heterocycles. The summed E-state index contributed by atoms with van der Waals surface area (Å²) in [7, 11) is 0. The molecule has 98 valence electrons. The van der Waals surface area contributed by atoms with Crippen LogP contribution in [0.1, 0.15) is 19.3 Å². The summed E-state index contributed by atoms with van der Waals surface area (Å²) in [5.74, 6) is 1.06. The van der Waals surface area contributed by atoms with Gasteiger partial charge in [0.2, 0.25) is 0 Å². The minimum atomic E-state index is -0.429. The molecular weight excluding hydrogens is 220 g/mol. The van der Waals surface area contributed by atoms with Crippen molar-refractivity contribution in [3.05, 3.63) is 0 Å². The molecule has 1 aliphatic heterocycles. The van der Waals surface area contributed by atoms with E-state index in [0.717, 1.165) is 13.1 Å². The Balaban J connectivity index is 1.71. The molecule has 5 heteroatoms. The molecule has 3 atom stereocenters. The summed E-state index contributed by atoms with van der Waals surface area (Å²) in [6.07, 6.45) is 3.16. The molecule has 3 unspecified atom stereocenters. The molecular formula is C12H22N2O3. The number of hydrogen-bond acceptors (Lipinski definition) is 4. The zero-order valence-corrected chi connectivity index (χ0v) is 10.2. The monoisotopic (exact) mass is 242 g/mol. The molecule has 0 radical (unpaired) electrons. The highest BCUT2D eigenvalue weighted by Crippen LogP contribution is 2.30. The highest BCUT2D eigenvalue weighted by atomic mass is 16.6. The molecule has 1 aliphatic carbocycles. The highest BCUT2D eigenvalue weighted by Gasteiger charge is 2.28. The first-order valence-corrected chi connectivity index (χ1v) is 6.48. The SMILES string of the molecule is NCC1CCCC1CNC(=O)C1COCCO1. The number of rotatable bonds is 4. The Bertz CT molecular complexity index is 254. The summed E-state index contributed by atoms with van der Waals surface area (Å²) in [6.45, 7) is 2.91. The first kappa shape index (κ1) is 12.8. The van der Waals surface area contributed by atoms with Crippen molar-refractivity contribution in [2.75, 3.05) is 32.9 Å². The molecule has 2 fully saturated rings. The van der Waals surface area contributed by atoms with Gasteiger partial charge in [0.25, 0.3) is 5.91 Å². The quantitative estimate of drug-likeness (QED) is 0.721. The fourth-order valence-electron chi connectivity index (χ4n) is 2.68. The van der Waals surface area contributed by atoms with Crippen molar-refractivity contribution in [3.63, 3.8) is 0 Å². The van der Waals surface area contributed by atoms with Crippen LogP contribution in [0.2, 0.25) is 0 Å². The van der Waals surface area contributed by atoms with Crippen molar-refractivity contribution in [2.45, 2.75) is 25.4 Å². The van der Waals surface area contributed by atoms with E-state index in [9.17, 15) is 4.79 Å². The Morgan fingerprint density at radius 3 is 2.82 bits per heavy atom. The lowest BCUT2D eigenvalue weighted by molar-refractivity contribution is -0.147. The molecule has 0 aromatic carbocycles. The van der Waals surface area contributed by atoms with Gasteiger partial charge in [-0.1, -0.05) is 6.42 Å². The third-order valence-corrected chi connectivity index (χ3v) is 3.77. The molecule has 0 aromatic rings. The van der Waals surface area contributed by atoms with Crippen molar-refractivity contribution in [1.29, 1.82) is 0 Å². The minimum absolute atomic E-state index is 0.0487. The van der Waals surface area contributed by atoms with Gasteiger partial charge in [0.15, 0.2) is 6.10 Å². The molecule has 1 amide bonds. The highest BCUT2D eigenvalue weighted by molar-refractivity contribution is 5.80. The van der Waals surface area contributed by atoms with Gasteiger partial charge in [-0.05, 0) is 31.2 Å². The molecule has 17 heavy (non-hydrogen) atoms. The number of ether oxygens (including phenoxy) is 2. The van der Waals surface area contributed by atoms with E-state index >= 15 is 0 Å².